The van der Waals surface area contributed by atoms with Crippen molar-refractivity contribution in [2.24, 2.45) is 0 Å². The van der Waals surface area contributed by atoms with Crippen LogP contribution in [0, 0.1) is 14.9 Å². The SMILES string of the molecule is Nc1c2ccccc2nc(=S)n1CC(=O)c1ccc([N+](=O)[O-])cc1. The average Bonchev–Trinajstić information content (AvgIpc) is 2.58. The number of Topliss-reactive ketones (excluding diaryl/α,β-unsaturated/α-hetero) is 1. The van der Waals surface area contributed by atoms with Crippen LogP contribution in [0.5, 0.6) is 0 Å². The van der Waals surface area contributed by atoms with Crippen molar-refractivity contribution in [3.05, 3.63) is 69.0 Å². The Balaban J connectivity index is 1.96. The maximum atomic E-state index is 12.4. The number of benzene rings is 2. The van der Waals surface area contributed by atoms with E-state index < -0.39 is 4.92 Å². The Bertz CT molecular complexity index is 1010. The Kier molecular flexibility index (Phi) is 4.05. The van der Waals surface area contributed by atoms with Crippen LogP contribution in [0.2, 0.25) is 0 Å². The number of para-hydroxylation sites is 1. The lowest BCUT2D eigenvalue weighted by atomic mass is 10.1. The lowest BCUT2D eigenvalue weighted by molar-refractivity contribution is -0.384. The number of ketones is 1. The first-order chi connectivity index (χ1) is 11.5. The van der Waals surface area contributed by atoms with Crippen LogP contribution in [0.3, 0.4) is 0 Å². The summed E-state index contributed by atoms with van der Waals surface area (Å²) in [6, 6.07) is 12.7. The molecule has 2 aromatic carbocycles. The molecule has 3 aromatic rings. The summed E-state index contributed by atoms with van der Waals surface area (Å²) in [6.45, 7) is -0.0830. The van der Waals surface area contributed by atoms with E-state index in [4.69, 9.17) is 18.0 Å². The summed E-state index contributed by atoms with van der Waals surface area (Å²) in [6.07, 6.45) is 0. The second-order valence-electron chi connectivity index (χ2n) is 5.11. The second-order valence-corrected chi connectivity index (χ2v) is 5.48. The number of nitro benzene ring substituents is 1. The third-order valence-electron chi connectivity index (χ3n) is 3.62. The third-order valence-corrected chi connectivity index (χ3v) is 3.93. The van der Waals surface area contributed by atoms with Crippen molar-refractivity contribution >= 4 is 40.4 Å². The summed E-state index contributed by atoms with van der Waals surface area (Å²) in [5, 5.41) is 11.4. The lowest BCUT2D eigenvalue weighted by Crippen LogP contribution is -2.16. The normalized spacial score (nSPS) is 10.7. The Morgan fingerprint density at radius 3 is 2.54 bits per heavy atom. The van der Waals surface area contributed by atoms with E-state index in [1.807, 2.05) is 12.1 Å². The van der Waals surface area contributed by atoms with Gasteiger partial charge in [0.1, 0.15) is 5.82 Å². The maximum absolute atomic E-state index is 12.4. The zero-order chi connectivity index (χ0) is 17.3. The number of rotatable bonds is 4. The van der Waals surface area contributed by atoms with E-state index in [0.29, 0.717) is 22.3 Å². The summed E-state index contributed by atoms with van der Waals surface area (Å²) in [7, 11) is 0. The Hall–Kier alpha value is -3.13. The van der Waals surface area contributed by atoms with Gasteiger partial charge in [-0.2, -0.15) is 0 Å². The molecule has 0 amide bonds. The van der Waals surface area contributed by atoms with Crippen molar-refractivity contribution in [2.45, 2.75) is 6.54 Å². The van der Waals surface area contributed by atoms with Crippen LogP contribution in [-0.4, -0.2) is 20.3 Å². The first-order valence-electron chi connectivity index (χ1n) is 7.00. The van der Waals surface area contributed by atoms with E-state index in [1.54, 1.807) is 12.1 Å². The minimum absolute atomic E-state index is 0.0740. The number of fused-ring (bicyclic) bond motifs is 1. The fourth-order valence-corrected chi connectivity index (χ4v) is 2.62. The molecule has 0 spiro atoms. The minimum atomic E-state index is -0.518. The highest BCUT2D eigenvalue weighted by Crippen LogP contribution is 2.20. The Morgan fingerprint density at radius 1 is 1.21 bits per heavy atom. The molecule has 0 atom stereocenters. The van der Waals surface area contributed by atoms with Gasteiger partial charge in [-0.15, -0.1) is 0 Å². The summed E-state index contributed by atoms with van der Waals surface area (Å²) in [5.41, 5.74) is 7.06. The van der Waals surface area contributed by atoms with Gasteiger partial charge in [0.25, 0.3) is 5.69 Å². The number of hydrogen-bond donors (Lipinski definition) is 1. The maximum Gasteiger partial charge on any atom is 0.269 e. The molecule has 0 saturated heterocycles. The van der Waals surface area contributed by atoms with Crippen LogP contribution >= 0.6 is 12.2 Å². The zero-order valence-electron chi connectivity index (χ0n) is 12.4. The number of hydrogen-bond acceptors (Lipinski definition) is 6. The highest BCUT2D eigenvalue weighted by Gasteiger charge is 2.13. The number of nitrogen functional groups attached to an aromatic ring is 1. The van der Waals surface area contributed by atoms with Gasteiger partial charge in [-0.05, 0) is 36.5 Å². The van der Waals surface area contributed by atoms with E-state index in [0.717, 1.165) is 0 Å². The highest BCUT2D eigenvalue weighted by atomic mass is 32.1. The smallest absolute Gasteiger partial charge is 0.269 e. The number of anilines is 1. The number of nitrogens with two attached hydrogens (primary N) is 1. The van der Waals surface area contributed by atoms with Crippen molar-refractivity contribution in [2.75, 3.05) is 5.73 Å². The summed E-state index contributed by atoms with van der Waals surface area (Å²) in [4.78, 5) is 26.8. The molecule has 0 aliphatic carbocycles. The molecule has 0 radical (unpaired) electrons. The molecule has 1 heterocycles. The second kappa shape index (κ2) is 6.17. The molecule has 0 aliphatic heterocycles. The van der Waals surface area contributed by atoms with Crippen LogP contribution in [-0.2, 0) is 6.54 Å². The first-order valence-corrected chi connectivity index (χ1v) is 7.41. The molecular formula is C16H12N4O3S. The first kappa shape index (κ1) is 15.8. The predicted octanol–water partition coefficient (Wildman–Crippen LogP) is 3.14. The van der Waals surface area contributed by atoms with Gasteiger partial charge in [0, 0.05) is 23.1 Å². The van der Waals surface area contributed by atoms with Gasteiger partial charge in [-0.3, -0.25) is 19.5 Å². The minimum Gasteiger partial charge on any atom is -0.384 e. The third kappa shape index (κ3) is 2.86. The quantitative estimate of drug-likeness (QED) is 0.339. The van der Waals surface area contributed by atoms with Crippen molar-refractivity contribution < 1.29 is 9.72 Å². The molecule has 1 aromatic heterocycles. The number of non-ortho nitro benzene ring substituents is 1. The number of carbonyl (C=O) groups excluding carboxylic acids is 1. The number of nitrogens with zero attached hydrogens (tertiary/aromatic N) is 3. The number of carbonyl (C=O) groups is 1. The van der Waals surface area contributed by atoms with E-state index in [1.165, 1.54) is 28.8 Å². The highest BCUT2D eigenvalue weighted by molar-refractivity contribution is 7.71. The van der Waals surface area contributed by atoms with Crippen LogP contribution < -0.4 is 5.73 Å². The Labute approximate surface area is 141 Å². The van der Waals surface area contributed by atoms with Gasteiger partial charge in [-0.1, -0.05) is 12.1 Å². The van der Waals surface area contributed by atoms with E-state index in [-0.39, 0.29) is 22.8 Å². The number of nitro groups is 1. The van der Waals surface area contributed by atoms with Gasteiger partial charge in [0.2, 0.25) is 4.77 Å². The zero-order valence-corrected chi connectivity index (χ0v) is 13.2. The van der Waals surface area contributed by atoms with Crippen LogP contribution in [0.25, 0.3) is 10.9 Å². The summed E-state index contributed by atoms with van der Waals surface area (Å²) in [5.74, 6) is 0.102. The molecule has 24 heavy (non-hydrogen) atoms. The van der Waals surface area contributed by atoms with Crippen LogP contribution in [0.4, 0.5) is 11.5 Å². The molecule has 120 valence electrons. The van der Waals surface area contributed by atoms with Crippen molar-refractivity contribution in [3.63, 3.8) is 0 Å². The van der Waals surface area contributed by atoms with Crippen LogP contribution in [0.15, 0.2) is 48.5 Å². The topological polar surface area (TPSA) is 104 Å². The molecule has 0 fully saturated rings. The number of aromatic nitrogens is 2. The average molecular weight is 340 g/mol. The molecule has 2 N–H and O–H groups in total. The summed E-state index contributed by atoms with van der Waals surface area (Å²) >= 11 is 5.22. The van der Waals surface area contributed by atoms with Gasteiger partial charge in [0.15, 0.2) is 5.78 Å². The standard InChI is InChI=1S/C16H12N4O3S/c17-15-12-3-1-2-4-13(12)18-16(24)19(15)9-14(21)10-5-7-11(8-6-10)20(22)23/h1-8H,9,17H2. The summed E-state index contributed by atoms with van der Waals surface area (Å²) < 4.78 is 1.67. The molecule has 3 rings (SSSR count). The molecule has 0 aliphatic rings. The lowest BCUT2D eigenvalue weighted by Gasteiger charge is -2.12. The molecule has 0 unspecified atom stereocenters. The fourth-order valence-electron chi connectivity index (χ4n) is 2.36. The molecular weight excluding hydrogens is 328 g/mol. The fraction of sp³-hybridized carbons (Fsp3) is 0.0625. The molecule has 8 heteroatoms. The largest absolute Gasteiger partial charge is 0.384 e. The van der Waals surface area contributed by atoms with Gasteiger partial charge >= 0.3 is 0 Å². The van der Waals surface area contributed by atoms with E-state index in [9.17, 15) is 14.9 Å². The molecule has 7 nitrogen and oxygen atoms in total. The van der Waals surface area contributed by atoms with Crippen LogP contribution in [0.1, 0.15) is 10.4 Å². The monoisotopic (exact) mass is 340 g/mol. The Morgan fingerprint density at radius 2 is 1.88 bits per heavy atom. The van der Waals surface area contributed by atoms with E-state index in [2.05, 4.69) is 4.98 Å². The van der Waals surface area contributed by atoms with Crippen molar-refractivity contribution in [1.29, 1.82) is 0 Å². The predicted molar refractivity (Wildman–Crippen MR) is 92.4 cm³/mol. The van der Waals surface area contributed by atoms with Crippen molar-refractivity contribution in [1.82, 2.24) is 9.55 Å². The van der Waals surface area contributed by atoms with Crippen molar-refractivity contribution in [3.8, 4) is 0 Å². The molecule has 0 bridgehead atoms. The van der Waals surface area contributed by atoms with Gasteiger partial charge < -0.3 is 5.73 Å². The van der Waals surface area contributed by atoms with Gasteiger partial charge in [0.05, 0.1) is 17.0 Å². The van der Waals surface area contributed by atoms with Gasteiger partial charge in [-0.25, -0.2) is 4.98 Å². The molecule has 0 saturated carbocycles. The van der Waals surface area contributed by atoms with E-state index >= 15 is 0 Å².